The number of halogens is 2. The van der Waals surface area contributed by atoms with Crippen LogP contribution in [-0.4, -0.2) is 30.4 Å². The van der Waals surface area contributed by atoms with Gasteiger partial charge in [-0.2, -0.15) is 0 Å². The molecule has 0 saturated carbocycles. The van der Waals surface area contributed by atoms with Gasteiger partial charge in [0.25, 0.3) is 5.91 Å². The number of nitrogens with one attached hydrogen (secondary N) is 1. The minimum atomic E-state index is -0.604. The second kappa shape index (κ2) is 6.49. The van der Waals surface area contributed by atoms with Gasteiger partial charge in [0.1, 0.15) is 10.6 Å². The minimum Gasteiger partial charge on any atom is -0.468 e. The second-order valence-corrected chi connectivity index (χ2v) is 4.77. The van der Waals surface area contributed by atoms with Gasteiger partial charge in [-0.25, -0.2) is 4.39 Å². The fourth-order valence-electron chi connectivity index (χ4n) is 1.28. The molecule has 1 atom stereocenters. The lowest BCUT2D eigenvalue weighted by Crippen LogP contribution is -2.33. The topological polar surface area (TPSA) is 55.4 Å². The fraction of sp³-hybridized carbons (Fsp3) is 0.333. The van der Waals surface area contributed by atoms with Crippen molar-refractivity contribution in [1.82, 2.24) is 5.32 Å². The van der Waals surface area contributed by atoms with Crippen LogP contribution >= 0.6 is 15.9 Å². The first-order valence-corrected chi connectivity index (χ1v) is 6.13. The van der Waals surface area contributed by atoms with Crippen molar-refractivity contribution >= 4 is 27.8 Å². The van der Waals surface area contributed by atoms with E-state index in [1.807, 2.05) is 0 Å². The van der Waals surface area contributed by atoms with Crippen molar-refractivity contribution in [3.05, 3.63) is 35.1 Å². The Balaban J connectivity index is 2.60. The van der Waals surface area contributed by atoms with Gasteiger partial charge in [0.15, 0.2) is 0 Å². The van der Waals surface area contributed by atoms with Crippen molar-refractivity contribution < 1.29 is 18.7 Å². The predicted molar refractivity (Wildman–Crippen MR) is 68.2 cm³/mol. The zero-order valence-corrected chi connectivity index (χ0v) is 11.6. The van der Waals surface area contributed by atoms with Crippen LogP contribution in [0, 0.1) is 12.7 Å². The number of methoxy groups -OCH3 is 1. The quantitative estimate of drug-likeness (QED) is 0.680. The lowest BCUT2D eigenvalue weighted by Gasteiger charge is -2.09. The number of ether oxygens (including phenoxy) is 1. The number of hydrogen-bond donors (Lipinski definition) is 1. The molecule has 0 radical (unpaired) electrons. The molecule has 18 heavy (non-hydrogen) atoms. The number of esters is 1. The molecule has 0 aliphatic carbocycles. The van der Waals surface area contributed by atoms with Crippen LogP contribution in [0.2, 0.25) is 0 Å². The SMILES string of the molecule is COC(=O)C(Br)CNC(=O)c1ccc(F)c(C)c1. The summed E-state index contributed by atoms with van der Waals surface area (Å²) in [6, 6.07) is 4.07. The van der Waals surface area contributed by atoms with Gasteiger partial charge >= 0.3 is 5.97 Å². The highest BCUT2D eigenvalue weighted by atomic mass is 79.9. The van der Waals surface area contributed by atoms with E-state index >= 15 is 0 Å². The van der Waals surface area contributed by atoms with Gasteiger partial charge in [-0.3, -0.25) is 9.59 Å². The van der Waals surface area contributed by atoms with Crippen LogP contribution in [0.25, 0.3) is 0 Å². The standard InChI is InChI=1S/C12H13BrFNO3/c1-7-5-8(3-4-10(7)14)11(16)15-6-9(13)12(17)18-2/h3-5,9H,6H2,1-2H3,(H,15,16). The normalized spacial score (nSPS) is 11.8. The number of rotatable bonds is 4. The molecule has 98 valence electrons. The lowest BCUT2D eigenvalue weighted by molar-refractivity contribution is -0.139. The summed E-state index contributed by atoms with van der Waals surface area (Å²) < 4.78 is 17.5. The van der Waals surface area contributed by atoms with Gasteiger partial charge in [0.05, 0.1) is 7.11 Å². The van der Waals surface area contributed by atoms with Gasteiger partial charge in [0.2, 0.25) is 0 Å². The summed E-state index contributed by atoms with van der Waals surface area (Å²) >= 11 is 3.08. The average molecular weight is 318 g/mol. The molecule has 4 nitrogen and oxygen atoms in total. The second-order valence-electron chi connectivity index (χ2n) is 3.66. The highest BCUT2D eigenvalue weighted by Crippen LogP contribution is 2.09. The molecular formula is C12H13BrFNO3. The molecule has 0 fully saturated rings. The molecule has 0 heterocycles. The molecule has 1 aromatic carbocycles. The number of carbonyl (C=O) groups is 2. The summed E-state index contributed by atoms with van der Waals surface area (Å²) in [5.74, 6) is -1.20. The van der Waals surface area contributed by atoms with Gasteiger partial charge in [-0.1, -0.05) is 15.9 Å². The van der Waals surface area contributed by atoms with Gasteiger partial charge in [-0.15, -0.1) is 0 Å². The van der Waals surface area contributed by atoms with E-state index in [1.54, 1.807) is 6.92 Å². The van der Waals surface area contributed by atoms with Crippen LogP contribution in [0.1, 0.15) is 15.9 Å². The fourth-order valence-corrected chi connectivity index (χ4v) is 1.63. The molecule has 1 amide bonds. The molecule has 0 bridgehead atoms. The third-order valence-corrected chi connectivity index (χ3v) is 3.02. The maximum absolute atomic E-state index is 13.0. The predicted octanol–water partition coefficient (Wildman–Crippen LogP) is 1.80. The molecule has 1 rings (SSSR count). The zero-order valence-electron chi connectivity index (χ0n) is 10.00. The van der Waals surface area contributed by atoms with Gasteiger partial charge in [-0.05, 0) is 30.7 Å². The summed E-state index contributed by atoms with van der Waals surface area (Å²) in [6.07, 6.45) is 0. The molecule has 1 N–H and O–H groups in total. The van der Waals surface area contributed by atoms with E-state index in [9.17, 15) is 14.0 Å². The Bertz CT molecular complexity index is 465. The summed E-state index contributed by atoms with van der Waals surface area (Å²) in [4.78, 5) is 22.2. The van der Waals surface area contributed by atoms with E-state index in [0.717, 1.165) is 0 Å². The Hall–Kier alpha value is -1.43. The van der Waals surface area contributed by atoms with Crippen molar-refractivity contribution in [2.75, 3.05) is 13.7 Å². The van der Waals surface area contributed by atoms with Gasteiger partial charge < -0.3 is 10.1 Å². The molecule has 0 spiro atoms. The maximum atomic E-state index is 13.0. The lowest BCUT2D eigenvalue weighted by atomic mass is 10.1. The van der Waals surface area contributed by atoms with Gasteiger partial charge in [0, 0.05) is 12.1 Å². The zero-order chi connectivity index (χ0) is 13.7. The molecule has 1 aromatic rings. The number of aryl methyl sites for hydroxylation is 1. The van der Waals surface area contributed by atoms with Crippen molar-refractivity contribution in [2.24, 2.45) is 0 Å². The van der Waals surface area contributed by atoms with Crippen molar-refractivity contribution in [3.8, 4) is 0 Å². The first kappa shape index (κ1) is 14.6. The molecular weight excluding hydrogens is 305 g/mol. The van der Waals surface area contributed by atoms with Crippen molar-refractivity contribution in [1.29, 1.82) is 0 Å². The highest BCUT2D eigenvalue weighted by Gasteiger charge is 2.16. The monoisotopic (exact) mass is 317 g/mol. The third-order valence-electron chi connectivity index (χ3n) is 2.32. The van der Waals surface area contributed by atoms with Crippen LogP contribution in [0.3, 0.4) is 0 Å². The Morgan fingerprint density at radius 2 is 2.17 bits per heavy atom. The molecule has 0 saturated heterocycles. The summed E-state index contributed by atoms with van der Waals surface area (Å²) in [5, 5.41) is 2.55. The Kier molecular flexibility index (Phi) is 5.27. The largest absolute Gasteiger partial charge is 0.468 e. The average Bonchev–Trinajstić information content (AvgIpc) is 2.37. The summed E-state index contributed by atoms with van der Waals surface area (Å²) in [5.41, 5.74) is 0.740. The number of alkyl halides is 1. The number of amides is 1. The van der Waals surface area contributed by atoms with Crippen LogP contribution in [-0.2, 0) is 9.53 Å². The molecule has 0 aromatic heterocycles. The number of carbonyl (C=O) groups excluding carboxylic acids is 2. The summed E-state index contributed by atoms with van der Waals surface area (Å²) in [7, 11) is 1.27. The third kappa shape index (κ3) is 3.80. The first-order valence-electron chi connectivity index (χ1n) is 5.22. The number of hydrogen-bond acceptors (Lipinski definition) is 3. The number of benzene rings is 1. The Morgan fingerprint density at radius 3 is 2.72 bits per heavy atom. The van der Waals surface area contributed by atoms with Crippen molar-refractivity contribution in [2.45, 2.75) is 11.8 Å². The Labute approximate surface area is 113 Å². The molecule has 0 aliphatic heterocycles. The van der Waals surface area contributed by atoms with Crippen LogP contribution < -0.4 is 5.32 Å². The van der Waals surface area contributed by atoms with E-state index in [-0.39, 0.29) is 18.3 Å². The maximum Gasteiger partial charge on any atom is 0.321 e. The van der Waals surface area contributed by atoms with E-state index in [1.165, 1.54) is 25.3 Å². The van der Waals surface area contributed by atoms with E-state index in [4.69, 9.17) is 0 Å². The van der Waals surface area contributed by atoms with E-state index in [2.05, 4.69) is 26.0 Å². The smallest absolute Gasteiger partial charge is 0.321 e. The first-order chi connectivity index (χ1) is 8.45. The van der Waals surface area contributed by atoms with Crippen LogP contribution in [0.4, 0.5) is 4.39 Å². The summed E-state index contributed by atoms with van der Waals surface area (Å²) in [6.45, 7) is 1.68. The minimum absolute atomic E-state index is 0.0991. The highest BCUT2D eigenvalue weighted by molar-refractivity contribution is 9.10. The molecule has 0 aliphatic rings. The molecule has 6 heteroatoms. The van der Waals surface area contributed by atoms with Crippen molar-refractivity contribution in [3.63, 3.8) is 0 Å². The molecule has 1 unspecified atom stereocenters. The van der Waals surface area contributed by atoms with Crippen LogP contribution in [0.15, 0.2) is 18.2 Å². The van der Waals surface area contributed by atoms with Crippen LogP contribution in [0.5, 0.6) is 0 Å². The Morgan fingerprint density at radius 1 is 1.50 bits per heavy atom. The van der Waals surface area contributed by atoms with E-state index in [0.29, 0.717) is 11.1 Å². The van der Waals surface area contributed by atoms with E-state index < -0.39 is 10.8 Å².